The molecule has 0 atom stereocenters. The summed E-state index contributed by atoms with van der Waals surface area (Å²) in [5.41, 5.74) is 6.44. The van der Waals surface area contributed by atoms with Crippen LogP contribution in [-0.4, -0.2) is 45.6 Å². The molecule has 0 radical (unpaired) electrons. The van der Waals surface area contributed by atoms with E-state index in [2.05, 4.69) is 29.3 Å². The standard InChI is InChI=1S/C23H26N2O3.C2HF3O2/c1-3-4-9-21-20(22(15-28-2)25-24-21)14-16-10-12-17(13-11-16)18-7-5-6-8-19(18)23(26)27;3-2(4,5)1(6)7/h5-8,10-13H,3-4,9,14-15H2,1-2H3,(H,24,25)(H,26,27);(H,6,7). The highest BCUT2D eigenvalue weighted by molar-refractivity contribution is 5.96. The molecule has 10 heteroatoms. The van der Waals surface area contributed by atoms with Crippen molar-refractivity contribution in [2.75, 3.05) is 7.11 Å². The van der Waals surface area contributed by atoms with E-state index >= 15 is 0 Å². The molecule has 3 aromatic rings. The average Bonchev–Trinajstić information content (AvgIpc) is 3.19. The van der Waals surface area contributed by atoms with Gasteiger partial charge >= 0.3 is 18.1 Å². The SMILES string of the molecule is CCCCc1n[nH]c(COC)c1Cc1ccc(-c2ccccc2C(=O)O)cc1.O=C(O)C(F)(F)F. The lowest BCUT2D eigenvalue weighted by Crippen LogP contribution is -2.21. The van der Waals surface area contributed by atoms with Crippen LogP contribution in [0.3, 0.4) is 0 Å². The number of methoxy groups -OCH3 is 1. The Morgan fingerprint density at radius 1 is 1.06 bits per heavy atom. The van der Waals surface area contributed by atoms with Crippen molar-refractivity contribution in [3.63, 3.8) is 0 Å². The monoisotopic (exact) mass is 492 g/mol. The van der Waals surface area contributed by atoms with Crippen molar-refractivity contribution in [2.45, 2.75) is 45.4 Å². The fourth-order valence-corrected chi connectivity index (χ4v) is 3.40. The summed E-state index contributed by atoms with van der Waals surface area (Å²) in [6.07, 6.45) is -1.12. The first-order valence-corrected chi connectivity index (χ1v) is 10.8. The van der Waals surface area contributed by atoms with Crippen molar-refractivity contribution in [3.05, 3.63) is 76.6 Å². The molecule has 35 heavy (non-hydrogen) atoms. The lowest BCUT2D eigenvalue weighted by molar-refractivity contribution is -0.192. The molecule has 3 rings (SSSR count). The van der Waals surface area contributed by atoms with Gasteiger partial charge in [0.15, 0.2) is 0 Å². The molecular formula is C25H27F3N2O5. The number of nitrogens with zero attached hydrogens (tertiary/aromatic N) is 1. The molecular weight excluding hydrogens is 465 g/mol. The molecule has 0 spiro atoms. The maximum Gasteiger partial charge on any atom is 0.490 e. The number of H-pyrrole nitrogens is 1. The van der Waals surface area contributed by atoms with E-state index in [0.717, 1.165) is 53.8 Å². The first-order chi connectivity index (χ1) is 16.6. The predicted octanol–water partition coefficient (Wildman–Crippen LogP) is 5.49. The number of aliphatic carboxylic acids is 1. The number of unbranched alkanes of at least 4 members (excludes halogenated alkanes) is 1. The zero-order valence-electron chi connectivity index (χ0n) is 19.4. The summed E-state index contributed by atoms with van der Waals surface area (Å²) < 4.78 is 37.0. The first kappa shape index (κ1) is 27.6. The Balaban J connectivity index is 0.000000540. The molecule has 0 aliphatic heterocycles. The second kappa shape index (κ2) is 12.7. The number of nitrogens with one attached hydrogen (secondary N) is 1. The Kier molecular flexibility index (Phi) is 10.0. The topological polar surface area (TPSA) is 113 Å². The van der Waals surface area contributed by atoms with Crippen LogP contribution in [0.25, 0.3) is 11.1 Å². The van der Waals surface area contributed by atoms with E-state index in [4.69, 9.17) is 14.6 Å². The van der Waals surface area contributed by atoms with Crippen LogP contribution < -0.4 is 0 Å². The molecule has 0 amide bonds. The number of carboxylic acids is 2. The minimum Gasteiger partial charge on any atom is -0.478 e. The van der Waals surface area contributed by atoms with Crippen LogP contribution in [-0.2, 0) is 29.0 Å². The molecule has 0 saturated carbocycles. The minimum atomic E-state index is -5.08. The number of hydrogen-bond acceptors (Lipinski definition) is 4. The van der Waals surface area contributed by atoms with Crippen molar-refractivity contribution < 1.29 is 37.7 Å². The maximum absolute atomic E-state index is 11.5. The van der Waals surface area contributed by atoms with Gasteiger partial charge < -0.3 is 14.9 Å². The Bertz CT molecular complexity index is 1120. The molecule has 1 heterocycles. The molecule has 0 aliphatic rings. The number of rotatable bonds is 9. The summed E-state index contributed by atoms with van der Waals surface area (Å²) in [4.78, 5) is 20.4. The van der Waals surface area contributed by atoms with Gasteiger partial charge in [-0.25, -0.2) is 9.59 Å². The van der Waals surface area contributed by atoms with Crippen molar-refractivity contribution in [1.29, 1.82) is 0 Å². The number of aromatic nitrogens is 2. The van der Waals surface area contributed by atoms with Crippen LogP contribution >= 0.6 is 0 Å². The summed E-state index contributed by atoms with van der Waals surface area (Å²) in [5, 5.41) is 24.2. The molecule has 2 aromatic carbocycles. The number of benzene rings is 2. The summed E-state index contributed by atoms with van der Waals surface area (Å²) >= 11 is 0. The average molecular weight is 492 g/mol. The third kappa shape index (κ3) is 7.96. The lowest BCUT2D eigenvalue weighted by Gasteiger charge is -2.09. The zero-order valence-corrected chi connectivity index (χ0v) is 19.4. The normalized spacial score (nSPS) is 11.0. The Labute approximate surface area is 200 Å². The molecule has 0 aliphatic carbocycles. The second-order valence-electron chi connectivity index (χ2n) is 7.69. The summed E-state index contributed by atoms with van der Waals surface area (Å²) in [5.74, 6) is -3.67. The van der Waals surface area contributed by atoms with Crippen molar-refractivity contribution in [3.8, 4) is 11.1 Å². The van der Waals surface area contributed by atoms with E-state index in [1.54, 1.807) is 19.2 Å². The number of ether oxygens (including phenoxy) is 1. The van der Waals surface area contributed by atoms with E-state index < -0.39 is 18.1 Å². The van der Waals surface area contributed by atoms with Crippen LogP contribution in [0.2, 0.25) is 0 Å². The highest BCUT2D eigenvalue weighted by atomic mass is 19.4. The Morgan fingerprint density at radius 3 is 2.23 bits per heavy atom. The van der Waals surface area contributed by atoms with Crippen LogP contribution in [0.15, 0.2) is 48.5 Å². The van der Waals surface area contributed by atoms with Crippen molar-refractivity contribution >= 4 is 11.9 Å². The van der Waals surface area contributed by atoms with Gasteiger partial charge in [0.1, 0.15) is 0 Å². The zero-order chi connectivity index (χ0) is 26.0. The van der Waals surface area contributed by atoms with Crippen LogP contribution in [0.5, 0.6) is 0 Å². The summed E-state index contributed by atoms with van der Waals surface area (Å²) in [6.45, 7) is 2.69. The quantitative estimate of drug-likeness (QED) is 0.364. The van der Waals surface area contributed by atoms with Gasteiger partial charge in [-0.2, -0.15) is 18.3 Å². The molecule has 7 nitrogen and oxygen atoms in total. The van der Waals surface area contributed by atoms with Gasteiger partial charge in [0.2, 0.25) is 0 Å². The van der Waals surface area contributed by atoms with E-state index in [1.165, 1.54) is 5.56 Å². The van der Waals surface area contributed by atoms with Crippen LogP contribution in [0.4, 0.5) is 13.2 Å². The molecule has 0 bridgehead atoms. The number of carboxylic acid groups (broad SMARTS) is 2. The van der Waals surface area contributed by atoms with Crippen molar-refractivity contribution in [2.24, 2.45) is 0 Å². The van der Waals surface area contributed by atoms with E-state index in [9.17, 15) is 23.1 Å². The van der Waals surface area contributed by atoms with Crippen LogP contribution in [0, 0.1) is 0 Å². The molecule has 188 valence electrons. The molecule has 3 N–H and O–H groups in total. The number of hydrogen-bond donors (Lipinski definition) is 3. The predicted molar refractivity (Wildman–Crippen MR) is 123 cm³/mol. The Morgan fingerprint density at radius 2 is 1.69 bits per heavy atom. The molecule has 0 saturated heterocycles. The minimum absolute atomic E-state index is 0.314. The largest absolute Gasteiger partial charge is 0.490 e. The fraction of sp³-hybridized carbons (Fsp3) is 0.320. The van der Waals surface area contributed by atoms with E-state index in [-0.39, 0.29) is 0 Å². The van der Waals surface area contributed by atoms with Crippen LogP contribution in [0.1, 0.15) is 52.6 Å². The molecule has 1 aromatic heterocycles. The molecule has 0 fully saturated rings. The van der Waals surface area contributed by atoms with Crippen molar-refractivity contribution in [1.82, 2.24) is 10.2 Å². The number of halogens is 3. The van der Waals surface area contributed by atoms with Gasteiger partial charge in [-0.3, -0.25) is 5.10 Å². The highest BCUT2D eigenvalue weighted by Gasteiger charge is 2.38. The number of aryl methyl sites for hydroxylation is 1. The summed E-state index contributed by atoms with van der Waals surface area (Å²) in [7, 11) is 1.69. The fourth-order valence-electron chi connectivity index (χ4n) is 3.40. The van der Waals surface area contributed by atoms with E-state index in [0.29, 0.717) is 12.2 Å². The van der Waals surface area contributed by atoms with Gasteiger partial charge in [0.25, 0.3) is 0 Å². The van der Waals surface area contributed by atoms with Gasteiger partial charge in [0.05, 0.1) is 23.6 Å². The third-order valence-corrected chi connectivity index (χ3v) is 5.14. The second-order valence-corrected chi connectivity index (χ2v) is 7.69. The first-order valence-electron chi connectivity index (χ1n) is 10.8. The summed E-state index contributed by atoms with van der Waals surface area (Å²) in [6, 6.07) is 15.2. The van der Waals surface area contributed by atoms with E-state index in [1.807, 2.05) is 24.3 Å². The van der Waals surface area contributed by atoms with Gasteiger partial charge in [-0.1, -0.05) is 55.8 Å². The molecule has 0 unspecified atom stereocenters. The number of alkyl halides is 3. The number of aromatic amines is 1. The smallest absolute Gasteiger partial charge is 0.478 e. The highest BCUT2D eigenvalue weighted by Crippen LogP contribution is 2.26. The maximum atomic E-state index is 11.5. The Hall–Kier alpha value is -3.66. The third-order valence-electron chi connectivity index (χ3n) is 5.14. The van der Waals surface area contributed by atoms with Gasteiger partial charge in [0, 0.05) is 19.1 Å². The lowest BCUT2D eigenvalue weighted by atomic mass is 9.96. The van der Waals surface area contributed by atoms with Gasteiger partial charge in [-0.15, -0.1) is 0 Å². The number of carbonyl (C=O) groups is 2. The number of aromatic carboxylic acids is 1. The van der Waals surface area contributed by atoms with Gasteiger partial charge in [-0.05, 0) is 35.6 Å².